The van der Waals surface area contributed by atoms with Gasteiger partial charge in [0.15, 0.2) is 0 Å². The molecule has 1 aliphatic rings. The normalized spacial score (nSPS) is 17.6. The molecule has 1 aromatic heterocycles. The van der Waals surface area contributed by atoms with Crippen LogP contribution in [0, 0.1) is 0 Å². The van der Waals surface area contributed by atoms with Crippen LogP contribution in [-0.4, -0.2) is 40.9 Å². The van der Waals surface area contributed by atoms with E-state index < -0.39 is 0 Å². The zero-order valence-corrected chi connectivity index (χ0v) is 12.7. The van der Waals surface area contributed by atoms with Gasteiger partial charge in [-0.1, -0.05) is 20.8 Å². The van der Waals surface area contributed by atoms with Crippen molar-refractivity contribution in [1.29, 1.82) is 0 Å². The number of aryl methyl sites for hydroxylation is 1. The van der Waals surface area contributed by atoms with Crippen molar-refractivity contribution in [3.63, 3.8) is 0 Å². The van der Waals surface area contributed by atoms with Gasteiger partial charge in [-0.05, 0) is 0 Å². The minimum atomic E-state index is 0. The Morgan fingerprint density at radius 3 is 2.44 bits per heavy atom. The Balaban J connectivity index is 0.00000162. The van der Waals surface area contributed by atoms with E-state index in [0.717, 1.165) is 32.7 Å². The Kier molecular flexibility index (Phi) is 5.20. The molecule has 0 spiro atoms. The molecule has 5 heteroatoms. The first-order valence-corrected chi connectivity index (χ1v) is 6.43. The van der Waals surface area contributed by atoms with E-state index in [1.54, 1.807) is 0 Å². The number of aromatic nitrogens is 2. The molecule has 1 aromatic rings. The van der Waals surface area contributed by atoms with E-state index in [1.165, 1.54) is 11.3 Å². The molecule has 1 N–H and O–H groups in total. The number of halogens is 1. The van der Waals surface area contributed by atoms with Crippen LogP contribution in [0.3, 0.4) is 0 Å². The van der Waals surface area contributed by atoms with Crippen molar-refractivity contribution in [3.05, 3.63) is 17.5 Å². The molecule has 104 valence electrons. The highest BCUT2D eigenvalue weighted by molar-refractivity contribution is 5.85. The summed E-state index contributed by atoms with van der Waals surface area (Å²) in [5.74, 6) is 0. The molecule has 4 nitrogen and oxygen atoms in total. The zero-order chi connectivity index (χ0) is 12.5. The lowest BCUT2D eigenvalue weighted by atomic mass is 9.89. The lowest BCUT2D eigenvalue weighted by Crippen LogP contribution is -2.43. The third-order valence-corrected chi connectivity index (χ3v) is 3.22. The van der Waals surface area contributed by atoms with Gasteiger partial charge in [-0.15, -0.1) is 12.4 Å². The van der Waals surface area contributed by atoms with E-state index in [-0.39, 0.29) is 17.8 Å². The molecule has 0 radical (unpaired) electrons. The first-order valence-electron chi connectivity index (χ1n) is 6.43. The van der Waals surface area contributed by atoms with Gasteiger partial charge in [0, 0.05) is 56.9 Å². The summed E-state index contributed by atoms with van der Waals surface area (Å²) in [5, 5.41) is 8.01. The zero-order valence-electron chi connectivity index (χ0n) is 11.9. The molecule has 2 rings (SSSR count). The fraction of sp³-hybridized carbons (Fsp3) is 0.769. The summed E-state index contributed by atoms with van der Waals surface area (Å²) in [7, 11) is 2.01. The van der Waals surface area contributed by atoms with Crippen LogP contribution in [0.2, 0.25) is 0 Å². The van der Waals surface area contributed by atoms with Crippen molar-refractivity contribution in [2.45, 2.75) is 32.7 Å². The Hall–Kier alpha value is -0.580. The second-order valence-corrected chi connectivity index (χ2v) is 5.95. The summed E-state index contributed by atoms with van der Waals surface area (Å²) in [6.07, 6.45) is 2.17. The molecule has 0 saturated carbocycles. The van der Waals surface area contributed by atoms with Crippen LogP contribution in [0.25, 0.3) is 0 Å². The van der Waals surface area contributed by atoms with Crippen LogP contribution in [0.15, 0.2) is 6.20 Å². The Morgan fingerprint density at radius 1 is 1.28 bits per heavy atom. The second kappa shape index (κ2) is 6.04. The average Bonchev–Trinajstić information content (AvgIpc) is 2.60. The quantitative estimate of drug-likeness (QED) is 0.887. The fourth-order valence-electron chi connectivity index (χ4n) is 2.40. The molecular formula is C13H25ClN4. The largest absolute Gasteiger partial charge is 0.314 e. The van der Waals surface area contributed by atoms with Crippen molar-refractivity contribution >= 4 is 12.4 Å². The smallest absolute Gasteiger partial charge is 0.0722 e. The summed E-state index contributed by atoms with van der Waals surface area (Å²) in [6.45, 7) is 12.2. The van der Waals surface area contributed by atoms with Crippen LogP contribution in [-0.2, 0) is 19.0 Å². The second-order valence-electron chi connectivity index (χ2n) is 5.95. The highest BCUT2D eigenvalue weighted by Gasteiger charge is 2.23. The summed E-state index contributed by atoms with van der Waals surface area (Å²) >= 11 is 0. The van der Waals surface area contributed by atoms with Crippen LogP contribution < -0.4 is 5.32 Å². The first-order chi connectivity index (χ1) is 7.97. The predicted molar refractivity (Wildman–Crippen MR) is 77.3 cm³/mol. The standard InChI is InChI=1S/C13H24N4.ClH/c1-13(2,3)12-11(9-16(4)15-12)10-17-7-5-14-6-8-17;/h9,14H,5-8,10H2,1-4H3;1H. The minimum Gasteiger partial charge on any atom is -0.314 e. The van der Waals surface area contributed by atoms with Gasteiger partial charge in [0.1, 0.15) is 0 Å². The lowest BCUT2D eigenvalue weighted by Gasteiger charge is -2.28. The van der Waals surface area contributed by atoms with Crippen molar-refractivity contribution in [3.8, 4) is 0 Å². The third kappa shape index (κ3) is 3.70. The maximum absolute atomic E-state index is 4.62. The number of nitrogens with one attached hydrogen (secondary N) is 1. The number of rotatable bonds is 2. The number of hydrogen-bond donors (Lipinski definition) is 1. The van der Waals surface area contributed by atoms with Gasteiger partial charge < -0.3 is 5.32 Å². The van der Waals surface area contributed by atoms with Gasteiger partial charge in [0.2, 0.25) is 0 Å². The molecule has 0 aliphatic carbocycles. The van der Waals surface area contributed by atoms with E-state index in [1.807, 2.05) is 11.7 Å². The lowest BCUT2D eigenvalue weighted by molar-refractivity contribution is 0.232. The molecule has 1 fully saturated rings. The van der Waals surface area contributed by atoms with Crippen LogP contribution in [0.1, 0.15) is 32.0 Å². The molecule has 1 aliphatic heterocycles. The van der Waals surface area contributed by atoms with Crippen molar-refractivity contribution in [2.24, 2.45) is 7.05 Å². The van der Waals surface area contributed by atoms with Gasteiger partial charge in [-0.2, -0.15) is 5.10 Å². The van der Waals surface area contributed by atoms with Crippen molar-refractivity contribution in [2.75, 3.05) is 26.2 Å². The number of hydrogen-bond acceptors (Lipinski definition) is 3. The van der Waals surface area contributed by atoms with Crippen LogP contribution in [0.5, 0.6) is 0 Å². The van der Waals surface area contributed by atoms with Crippen LogP contribution in [0.4, 0.5) is 0 Å². The molecule has 0 unspecified atom stereocenters. The van der Waals surface area contributed by atoms with E-state index in [2.05, 4.69) is 42.3 Å². The molecule has 0 atom stereocenters. The SMILES string of the molecule is Cl.Cn1cc(CN2CCNCC2)c(C(C)(C)C)n1. The Morgan fingerprint density at radius 2 is 1.89 bits per heavy atom. The summed E-state index contributed by atoms with van der Waals surface area (Å²) in [5.41, 5.74) is 2.74. The molecule has 2 heterocycles. The Labute approximate surface area is 116 Å². The van der Waals surface area contributed by atoms with Crippen LogP contribution >= 0.6 is 12.4 Å². The van der Waals surface area contributed by atoms with Gasteiger partial charge in [0.05, 0.1) is 5.69 Å². The van der Waals surface area contributed by atoms with Crippen molar-refractivity contribution < 1.29 is 0 Å². The molecule has 0 amide bonds. The van der Waals surface area contributed by atoms with E-state index >= 15 is 0 Å². The molecule has 18 heavy (non-hydrogen) atoms. The first kappa shape index (κ1) is 15.5. The van der Waals surface area contributed by atoms with E-state index in [4.69, 9.17) is 0 Å². The fourth-order valence-corrected chi connectivity index (χ4v) is 2.40. The average molecular weight is 273 g/mol. The maximum Gasteiger partial charge on any atom is 0.0722 e. The van der Waals surface area contributed by atoms with Gasteiger partial charge in [0.25, 0.3) is 0 Å². The highest BCUT2D eigenvalue weighted by Crippen LogP contribution is 2.25. The van der Waals surface area contributed by atoms with Gasteiger partial charge in [-0.3, -0.25) is 9.58 Å². The summed E-state index contributed by atoms with van der Waals surface area (Å²) in [6, 6.07) is 0. The number of nitrogens with zero attached hydrogens (tertiary/aromatic N) is 3. The van der Waals surface area contributed by atoms with E-state index in [9.17, 15) is 0 Å². The highest BCUT2D eigenvalue weighted by atomic mass is 35.5. The maximum atomic E-state index is 4.62. The Bertz CT molecular complexity index is 375. The predicted octanol–water partition coefficient (Wildman–Crippen LogP) is 1.54. The molecule has 1 saturated heterocycles. The number of piperazine rings is 1. The molecule has 0 bridgehead atoms. The molecular weight excluding hydrogens is 248 g/mol. The minimum absolute atomic E-state index is 0. The van der Waals surface area contributed by atoms with Gasteiger partial charge in [-0.25, -0.2) is 0 Å². The third-order valence-electron chi connectivity index (χ3n) is 3.22. The van der Waals surface area contributed by atoms with Gasteiger partial charge >= 0.3 is 0 Å². The van der Waals surface area contributed by atoms with Crippen molar-refractivity contribution in [1.82, 2.24) is 20.0 Å². The molecule has 0 aromatic carbocycles. The van der Waals surface area contributed by atoms with E-state index in [0.29, 0.717) is 0 Å². The topological polar surface area (TPSA) is 33.1 Å². The summed E-state index contributed by atoms with van der Waals surface area (Å²) < 4.78 is 1.94. The monoisotopic (exact) mass is 272 g/mol. The summed E-state index contributed by atoms with van der Waals surface area (Å²) in [4.78, 5) is 2.50.